The first-order valence-corrected chi connectivity index (χ1v) is 8.44. The molecule has 2 aromatic heterocycles. The van der Waals surface area contributed by atoms with E-state index in [1.165, 1.54) is 18.5 Å². The van der Waals surface area contributed by atoms with Gasteiger partial charge in [0, 0.05) is 31.1 Å². The van der Waals surface area contributed by atoms with Gasteiger partial charge in [0.15, 0.2) is 17.4 Å². The molecule has 1 amide bonds. The van der Waals surface area contributed by atoms with Crippen molar-refractivity contribution in [3.63, 3.8) is 0 Å². The lowest BCUT2D eigenvalue weighted by Gasteiger charge is -2.22. The fourth-order valence-electron chi connectivity index (χ4n) is 2.64. The molecule has 0 aliphatic rings. The Kier molecular flexibility index (Phi) is 5.18. The van der Waals surface area contributed by atoms with Gasteiger partial charge in [-0.15, -0.1) is 0 Å². The summed E-state index contributed by atoms with van der Waals surface area (Å²) in [5.41, 5.74) is 0.294. The van der Waals surface area contributed by atoms with Crippen LogP contribution in [0.3, 0.4) is 0 Å². The number of rotatable bonds is 5. The van der Waals surface area contributed by atoms with Gasteiger partial charge in [0.1, 0.15) is 11.4 Å². The number of anilines is 1. The minimum atomic E-state index is -1.30. The van der Waals surface area contributed by atoms with Crippen LogP contribution in [0, 0.1) is 17.6 Å². The number of amides is 1. The molecule has 2 heterocycles. The number of aromatic amines is 1. The number of halogens is 3. The number of H-pyrrole nitrogens is 1. The molecule has 0 bridgehead atoms. The molecule has 0 saturated carbocycles. The lowest BCUT2D eigenvalue weighted by Crippen LogP contribution is -2.33. The molecule has 2 N–H and O–H groups in total. The average molecular weight is 396 g/mol. The Morgan fingerprint density at radius 1 is 1.37 bits per heavy atom. The quantitative estimate of drug-likeness (QED) is 0.604. The van der Waals surface area contributed by atoms with E-state index >= 15 is 0 Å². The lowest BCUT2D eigenvalue weighted by molar-refractivity contribution is 0.201. The molecule has 1 aromatic carbocycles. The normalized spacial score (nSPS) is 11.2. The van der Waals surface area contributed by atoms with Crippen molar-refractivity contribution < 1.29 is 23.4 Å². The van der Waals surface area contributed by atoms with Crippen LogP contribution in [0.2, 0.25) is 5.02 Å². The largest absolute Gasteiger partial charge is 0.465 e. The molecule has 3 rings (SSSR count). The topological polar surface area (TPSA) is 78.5 Å². The summed E-state index contributed by atoms with van der Waals surface area (Å²) in [7, 11) is 0. The summed E-state index contributed by atoms with van der Waals surface area (Å²) in [6, 6.07) is 3.27. The second kappa shape index (κ2) is 7.40. The van der Waals surface area contributed by atoms with Gasteiger partial charge < -0.3 is 14.8 Å². The van der Waals surface area contributed by atoms with Gasteiger partial charge in [0.25, 0.3) is 0 Å². The highest BCUT2D eigenvalue weighted by molar-refractivity contribution is 6.36. The Balaban J connectivity index is 2.00. The van der Waals surface area contributed by atoms with Crippen LogP contribution in [0.1, 0.15) is 13.8 Å². The Morgan fingerprint density at radius 2 is 2.04 bits per heavy atom. The number of hydrogen-bond donors (Lipinski definition) is 2. The first-order chi connectivity index (χ1) is 12.8. The molecule has 9 heteroatoms. The highest BCUT2D eigenvalue weighted by atomic mass is 35.5. The van der Waals surface area contributed by atoms with Crippen molar-refractivity contribution in [3.05, 3.63) is 47.2 Å². The molecule has 0 atom stereocenters. The standard InChI is InChI=1S/C18H16ClF2N3O3/c1-9(2)8-24(18(25)26)10-5-12(20)16(13(21)6-10)27-14-3-4-22-17-15(14)11(19)7-23-17/h3-7,9H,8H2,1-2H3,(H,22,23)(H,25,26). The van der Waals surface area contributed by atoms with Gasteiger partial charge in [-0.1, -0.05) is 25.4 Å². The van der Waals surface area contributed by atoms with Crippen LogP contribution in [0.4, 0.5) is 19.3 Å². The van der Waals surface area contributed by atoms with E-state index in [4.69, 9.17) is 16.3 Å². The third-order valence-corrected chi connectivity index (χ3v) is 4.07. The minimum absolute atomic E-state index is 0.0241. The van der Waals surface area contributed by atoms with Crippen LogP contribution >= 0.6 is 11.6 Å². The molecule has 3 aromatic rings. The van der Waals surface area contributed by atoms with Crippen LogP contribution in [0.25, 0.3) is 11.0 Å². The zero-order valence-corrected chi connectivity index (χ0v) is 15.2. The van der Waals surface area contributed by atoms with E-state index < -0.39 is 23.5 Å². The molecule has 0 unspecified atom stereocenters. The summed E-state index contributed by atoms with van der Waals surface area (Å²) in [6.07, 6.45) is 1.59. The molecular formula is C18H16ClF2N3O3. The first-order valence-electron chi connectivity index (χ1n) is 8.07. The first kappa shape index (κ1) is 18.9. The molecule has 0 aliphatic heterocycles. The number of carbonyl (C=O) groups is 1. The molecular weight excluding hydrogens is 380 g/mol. The summed E-state index contributed by atoms with van der Waals surface area (Å²) < 4.78 is 34.5. The molecule has 142 valence electrons. The maximum atomic E-state index is 14.5. The van der Waals surface area contributed by atoms with Crippen molar-refractivity contribution in [2.75, 3.05) is 11.4 Å². The van der Waals surface area contributed by atoms with Gasteiger partial charge in [0.2, 0.25) is 0 Å². The molecule has 0 spiro atoms. The summed E-state index contributed by atoms with van der Waals surface area (Å²) in [5.74, 6) is -2.62. The van der Waals surface area contributed by atoms with E-state index in [1.807, 2.05) is 0 Å². The van der Waals surface area contributed by atoms with Gasteiger partial charge in [-0.25, -0.2) is 18.6 Å². The van der Waals surface area contributed by atoms with Gasteiger partial charge in [-0.3, -0.25) is 4.90 Å². The van der Waals surface area contributed by atoms with Crippen molar-refractivity contribution in [2.45, 2.75) is 13.8 Å². The van der Waals surface area contributed by atoms with E-state index in [-0.39, 0.29) is 23.9 Å². The number of aromatic nitrogens is 2. The van der Waals surface area contributed by atoms with Gasteiger partial charge in [-0.2, -0.15) is 0 Å². The third-order valence-electron chi connectivity index (χ3n) is 3.77. The summed E-state index contributed by atoms with van der Waals surface area (Å²) >= 11 is 6.06. The van der Waals surface area contributed by atoms with Crippen LogP contribution < -0.4 is 9.64 Å². The van der Waals surface area contributed by atoms with E-state index in [2.05, 4.69) is 9.97 Å². The molecule has 0 aliphatic carbocycles. The fraction of sp³-hybridized carbons (Fsp3) is 0.222. The van der Waals surface area contributed by atoms with Crippen LogP contribution in [-0.4, -0.2) is 27.7 Å². The number of hydrogen-bond acceptors (Lipinski definition) is 3. The highest BCUT2D eigenvalue weighted by Gasteiger charge is 2.22. The number of ether oxygens (including phenoxy) is 1. The smallest absolute Gasteiger partial charge is 0.411 e. The number of nitrogens with one attached hydrogen (secondary N) is 1. The van der Waals surface area contributed by atoms with Crippen LogP contribution in [0.15, 0.2) is 30.6 Å². The van der Waals surface area contributed by atoms with Crippen molar-refractivity contribution in [3.8, 4) is 11.5 Å². The Bertz CT molecular complexity index is 984. The number of fused-ring (bicyclic) bond motifs is 1. The second-order valence-electron chi connectivity index (χ2n) is 6.30. The number of carboxylic acid groups (broad SMARTS) is 1. The molecule has 27 heavy (non-hydrogen) atoms. The van der Waals surface area contributed by atoms with Gasteiger partial charge in [0.05, 0.1) is 16.1 Å². The third kappa shape index (κ3) is 3.80. The highest BCUT2D eigenvalue weighted by Crippen LogP contribution is 2.37. The van der Waals surface area contributed by atoms with E-state index in [0.29, 0.717) is 16.1 Å². The molecule has 0 saturated heterocycles. The lowest BCUT2D eigenvalue weighted by atomic mass is 10.2. The predicted molar refractivity (Wildman–Crippen MR) is 97.7 cm³/mol. The van der Waals surface area contributed by atoms with Crippen molar-refractivity contribution in [1.82, 2.24) is 9.97 Å². The molecule has 0 radical (unpaired) electrons. The SMILES string of the molecule is CC(C)CN(C(=O)O)c1cc(F)c(Oc2ccnc3[nH]cc(Cl)c23)c(F)c1. The fourth-order valence-corrected chi connectivity index (χ4v) is 2.88. The van der Waals surface area contributed by atoms with Crippen LogP contribution in [-0.2, 0) is 0 Å². The van der Waals surface area contributed by atoms with Gasteiger partial charge >= 0.3 is 6.09 Å². The van der Waals surface area contributed by atoms with Crippen LogP contribution in [0.5, 0.6) is 11.5 Å². The number of benzene rings is 1. The Hall–Kier alpha value is -2.87. The summed E-state index contributed by atoms with van der Waals surface area (Å²) in [5, 5.41) is 9.99. The maximum Gasteiger partial charge on any atom is 0.411 e. The predicted octanol–water partition coefficient (Wildman–Crippen LogP) is 5.43. The maximum absolute atomic E-state index is 14.5. The molecule has 0 fully saturated rings. The minimum Gasteiger partial charge on any atom is -0.465 e. The Labute approximate surface area is 158 Å². The average Bonchev–Trinajstić information content (AvgIpc) is 2.97. The summed E-state index contributed by atoms with van der Waals surface area (Å²) in [6.45, 7) is 3.70. The van der Waals surface area contributed by atoms with Gasteiger partial charge in [-0.05, 0) is 12.0 Å². The zero-order valence-electron chi connectivity index (χ0n) is 14.5. The zero-order chi connectivity index (χ0) is 19.7. The number of nitrogens with zero attached hydrogens (tertiary/aromatic N) is 2. The van der Waals surface area contributed by atoms with E-state index in [1.54, 1.807) is 13.8 Å². The Morgan fingerprint density at radius 3 is 2.63 bits per heavy atom. The van der Waals surface area contributed by atoms with Crippen molar-refractivity contribution in [2.24, 2.45) is 5.92 Å². The summed E-state index contributed by atoms with van der Waals surface area (Å²) in [4.78, 5) is 19.2. The number of pyridine rings is 1. The van der Waals surface area contributed by atoms with E-state index in [9.17, 15) is 18.7 Å². The monoisotopic (exact) mass is 395 g/mol. The van der Waals surface area contributed by atoms with Crippen molar-refractivity contribution in [1.29, 1.82) is 0 Å². The van der Waals surface area contributed by atoms with Crippen molar-refractivity contribution >= 4 is 34.4 Å². The van der Waals surface area contributed by atoms with E-state index in [0.717, 1.165) is 17.0 Å². The molecule has 6 nitrogen and oxygen atoms in total. The second-order valence-corrected chi connectivity index (χ2v) is 6.70.